The van der Waals surface area contributed by atoms with Crippen molar-refractivity contribution >= 4 is 40.1 Å². The van der Waals surface area contributed by atoms with E-state index in [0.717, 1.165) is 0 Å². The zero-order valence-electron chi connectivity index (χ0n) is 15.8. The zero-order chi connectivity index (χ0) is 21.3. The van der Waals surface area contributed by atoms with Crippen molar-refractivity contribution in [3.63, 3.8) is 0 Å². The summed E-state index contributed by atoms with van der Waals surface area (Å²) in [5, 5.41) is 3.44. The minimum atomic E-state index is -0.634. The molecule has 2 heterocycles. The van der Waals surface area contributed by atoms with Crippen LogP contribution in [0.3, 0.4) is 0 Å². The van der Waals surface area contributed by atoms with Crippen molar-refractivity contribution in [3.8, 4) is 11.5 Å². The molecule has 9 heteroatoms. The molecule has 1 aromatic heterocycles. The Hall–Kier alpha value is -3.52. The normalized spacial score (nSPS) is 12.5. The van der Waals surface area contributed by atoms with Crippen molar-refractivity contribution in [1.82, 2.24) is 0 Å². The van der Waals surface area contributed by atoms with E-state index >= 15 is 0 Å². The number of amides is 1. The first kappa shape index (κ1) is 19.8. The molecule has 0 spiro atoms. The number of halogens is 1. The molecule has 2 aromatic carbocycles. The largest absolute Gasteiger partial charge is 0.486 e. The van der Waals surface area contributed by atoms with Gasteiger partial charge in [0.1, 0.15) is 25.4 Å². The van der Waals surface area contributed by atoms with Gasteiger partial charge in [-0.2, -0.15) is 0 Å². The molecule has 4 rings (SSSR count). The van der Waals surface area contributed by atoms with Gasteiger partial charge in [0.15, 0.2) is 11.5 Å². The number of carbonyl (C=O) groups is 2. The Morgan fingerprint density at radius 2 is 1.93 bits per heavy atom. The summed E-state index contributed by atoms with van der Waals surface area (Å²) in [7, 11) is 0. The third-order valence-electron chi connectivity index (χ3n) is 4.34. The first-order valence-electron chi connectivity index (χ1n) is 9.01. The molecular formula is C21H16ClNO7. The second-order valence-corrected chi connectivity index (χ2v) is 6.95. The maximum atomic E-state index is 12.5. The lowest BCUT2D eigenvalue weighted by molar-refractivity contribution is -0.114. The zero-order valence-corrected chi connectivity index (χ0v) is 16.6. The highest BCUT2D eigenvalue weighted by molar-refractivity contribution is 6.32. The molecule has 0 saturated heterocycles. The molecule has 0 fully saturated rings. The fourth-order valence-corrected chi connectivity index (χ4v) is 3.35. The topological polar surface area (TPSA) is 104 Å². The van der Waals surface area contributed by atoms with E-state index in [2.05, 4.69) is 5.32 Å². The van der Waals surface area contributed by atoms with Gasteiger partial charge in [0.2, 0.25) is 5.91 Å². The van der Waals surface area contributed by atoms with Crippen LogP contribution >= 0.6 is 11.6 Å². The van der Waals surface area contributed by atoms with Gasteiger partial charge >= 0.3 is 11.6 Å². The fourth-order valence-electron chi connectivity index (χ4n) is 3.09. The van der Waals surface area contributed by atoms with Crippen LogP contribution in [0.4, 0.5) is 5.69 Å². The first-order chi connectivity index (χ1) is 14.4. The summed E-state index contributed by atoms with van der Waals surface area (Å²) >= 11 is 6.16. The lowest BCUT2D eigenvalue weighted by Crippen LogP contribution is -2.16. The summed E-state index contributed by atoms with van der Waals surface area (Å²) in [6.45, 7) is 1.95. The summed E-state index contributed by atoms with van der Waals surface area (Å²) in [5.41, 5.74) is 0.813. The number of hydrogen-bond donors (Lipinski definition) is 1. The van der Waals surface area contributed by atoms with Crippen LogP contribution in [0.2, 0.25) is 5.02 Å². The third-order valence-corrected chi connectivity index (χ3v) is 4.62. The number of esters is 1. The number of rotatable bonds is 4. The van der Waals surface area contributed by atoms with Crippen LogP contribution in [0.25, 0.3) is 11.0 Å². The van der Waals surface area contributed by atoms with Crippen molar-refractivity contribution in [2.45, 2.75) is 13.5 Å². The maximum Gasteiger partial charge on any atom is 0.338 e. The highest BCUT2D eigenvalue weighted by Crippen LogP contribution is 2.38. The Morgan fingerprint density at radius 1 is 1.13 bits per heavy atom. The SMILES string of the molecule is CC(=O)Nc1ccc2c(COC(=O)c3cc(Cl)c4c(c3)OCCO4)cc(=O)oc2c1. The van der Waals surface area contributed by atoms with Gasteiger partial charge in [-0.25, -0.2) is 9.59 Å². The van der Waals surface area contributed by atoms with Crippen LogP contribution in [0, 0.1) is 0 Å². The lowest BCUT2D eigenvalue weighted by Gasteiger charge is -2.20. The van der Waals surface area contributed by atoms with Crippen LogP contribution < -0.4 is 20.4 Å². The molecule has 154 valence electrons. The quantitative estimate of drug-likeness (QED) is 0.499. The highest BCUT2D eigenvalue weighted by Gasteiger charge is 2.20. The molecule has 0 unspecified atom stereocenters. The molecule has 0 atom stereocenters. The molecule has 1 aliphatic rings. The summed E-state index contributed by atoms with van der Waals surface area (Å²) in [6, 6.07) is 9.06. The van der Waals surface area contributed by atoms with Gasteiger partial charge in [-0.3, -0.25) is 4.79 Å². The molecule has 0 bridgehead atoms. The van der Waals surface area contributed by atoms with Crippen LogP contribution in [0.1, 0.15) is 22.8 Å². The minimum absolute atomic E-state index is 0.160. The van der Waals surface area contributed by atoms with E-state index in [1.54, 1.807) is 12.1 Å². The summed E-state index contributed by atoms with van der Waals surface area (Å²) in [4.78, 5) is 35.7. The lowest BCUT2D eigenvalue weighted by atomic mass is 10.1. The number of carbonyl (C=O) groups excluding carboxylic acids is 2. The first-order valence-corrected chi connectivity index (χ1v) is 9.39. The van der Waals surface area contributed by atoms with E-state index < -0.39 is 11.6 Å². The van der Waals surface area contributed by atoms with Gasteiger partial charge in [-0.05, 0) is 24.3 Å². The second kappa shape index (κ2) is 8.08. The standard InChI is InChI=1S/C21H16ClNO7/c1-11(24)23-14-2-3-15-13(8-19(25)30-17(15)9-14)10-29-21(26)12-6-16(22)20-18(7-12)27-4-5-28-20/h2-3,6-9H,4-5,10H2,1H3,(H,23,24). The average molecular weight is 430 g/mol. The van der Waals surface area contributed by atoms with Crippen molar-refractivity contribution in [3.05, 3.63) is 63.0 Å². The predicted octanol–water partition coefficient (Wildman–Crippen LogP) is 3.53. The molecule has 30 heavy (non-hydrogen) atoms. The van der Waals surface area contributed by atoms with Gasteiger partial charge in [0.05, 0.1) is 10.6 Å². The van der Waals surface area contributed by atoms with Crippen molar-refractivity contribution < 1.29 is 28.2 Å². The molecule has 1 aliphatic heterocycles. The Kier molecular flexibility index (Phi) is 5.33. The van der Waals surface area contributed by atoms with Crippen LogP contribution in [0.15, 0.2) is 45.6 Å². The second-order valence-electron chi connectivity index (χ2n) is 6.54. The van der Waals surface area contributed by atoms with Crippen LogP contribution in [0.5, 0.6) is 11.5 Å². The van der Waals surface area contributed by atoms with E-state index in [1.807, 2.05) is 0 Å². The average Bonchev–Trinajstić information content (AvgIpc) is 2.71. The molecule has 0 aliphatic carbocycles. The highest BCUT2D eigenvalue weighted by atomic mass is 35.5. The molecular weight excluding hydrogens is 414 g/mol. The van der Waals surface area contributed by atoms with E-state index in [0.29, 0.717) is 41.3 Å². The van der Waals surface area contributed by atoms with Crippen LogP contribution in [-0.4, -0.2) is 25.1 Å². The Bertz CT molecular complexity index is 1220. The van der Waals surface area contributed by atoms with E-state index in [1.165, 1.54) is 31.2 Å². The van der Waals surface area contributed by atoms with Gasteiger partial charge in [0.25, 0.3) is 0 Å². The Balaban J connectivity index is 1.57. The Labute approximate surface area is 175 Å². The molecule has 0 radical (unpaired) electrons. The van der Waals surface area contributed by atoms with Crippen molar-refractivity contribution in [1.29, 1.82) is 0 Å². The van der Waals surface area contributed by atoms with Gasteiger partial charge in [-0.1, -0.05) is 11.6 Å². The molecule has 1 N–H and O–H groups in total. The molecule has 8 nitrogen and oxygen atoms in total. The van der Waals surface area contributed by atoms with E-state index in [-0.39, 0.29) is 28.7 Å². The van der Waals surface area contributed by atoms with Crippen molar-refractivity contribution in [2.24, 2.45) is 0 Å². The maximum absolute atomic E-state index is 12.5. The van der Waals surface area contributed by atoms with Crippen molar-refractivity contribution in [2.75, 3.05) is 18.5 Å². The van der Waals surface area contributed by atoms with Gasteiger partial charge in [-0.15, -0.1) is 0 Å². The number of anilines is 1. The third kappa shape index (κ3) is 4.08. The summed E-state index contributed by atoms with van der Waals surface area (Å²) < 4.78 is 21.5. The summed E-state index contributed by atoms with van der Waals surface area (Å²) in [6.07, 6.45) is 0. The van der Waals surface area contributed by atoms with E-state index in [4.69, 9.17) is 30.2 Å². The predicted molar refractivity (Wildman–Crippen MR) is 108 cm³/mol. The molecule has 1 amide bonds. The minimum Gasteiger partial charge on any atom is -0.486 e. The number of hydrogen-bond acceptors (Lipinski definition) is 7. The van der Waals surface area contributed by atoms with Crippen LogP contribution in [-0.2, 0) is 16.1 Å². The fraction of sp³-hybridized carbons (Fsp3) is 0.190. The number of fused-ring (bicyclic) bond motifs is 2. The Morgan fingerprint density at radius 3 is 2.73 bits per heavy atom. The number of nitrogens with one attached hydrogen (secondary N) is 1. The van der Waals surface area contributed by atoms with Gasteiger partial charge < -0.3 is 23.9 Å². The number of ether oxygens (including phenoxy) is 3. The molecule has 0 saturated carbocycles. The monoisotopic (exact) mass is 429 g/mol. The molecule has 3 aromatic rings. The number of benzene rings is 2. The smallest absolute Gasteiger partial charge is 0.338 e. The van der Waals surface area contributed by atoms with Gasteiger partial charge in [0, 0.05) is 35.7 Å². The summed E-state index contributed by atoms with van der Waals surface area (Å²) in [5.74, 6) is -0.122. The van der Waals surface area contributed by atoms with E-state index in [9.17, 15) is 14.4 Å².